The third-order valence-corrected chi connectivity index (χ3v) is 4.16. The van der Waals surface area contributed by atoms with Crippen molar-refractivity contribution in [2.24, 2.45) is 5.41 Å². The minimum atomic E-state index is -0.728. The molecule has 1 fully saturated rings. The zero-order valence-electron chi connectivity index (χ0n) is 9.90. The molecule has 5 heteroatoms. The highest BCUT2D eigenvalue weighted by atomic mass is 79.9. The van der Waals surface area contributed by atoms with E-state index in [2.05, 4.69) is 20.9 Å². The molecule has 1 atom stereocenters. The minimum absolute atomic E-state index is 0.524. The predicted octanol–water partition coefficient (Wildman–Crippen LogP) is 2.45. The van der Waals surface area contributed by atoms with Crippen LogP contribution in [0.1, 0.15) is 19.0 Å². The summed E-state index contributed by atoms with van der Waals surface area (Å²) in [6.07, 6.45) is 0.666. The highest BCUT2D eigenvalue weighted by molar-refractivity contribution is 9.10. The van der Waals surface area contributed by atoms with Crippen LogP contribution in [0.5, 0.6) is 0 Å². The number of aliphatic carboxylic acids is 1. The number of carboxylic acid groups (broad SMARTS) is 1. The predicted molar refractivity (Wildman–Crippen MR) is 69.2 cm³/mol. The van der Waals surface area contributed by atoms with Gasteiger partial charge in [0.1, 0.15) is 5.82 Å². The first-order valence-corrected chi connectivity index (χ1v) is 6.33. The topological polar surface area (TPSA) is 53.4 Å². The van der Waals surface area contributed by atoms with Crippen LogP contribution in [-0.2, 0) is 4.79 Å². The average Bonchev–Trinajstić information content (AvgIpc) is 2.67. The lowest BCUT2D eigenvalue weighted by Gasteiger charge is -2.21. The van der Waals surface area contributed by atoms with Crippen molar-refractivity contribution in [3.05, 3.63) is 22.3 Å². The van der Waals surface area contributed by atoms with Gasteiger partial charge in [-0.25, -0.2) is 4.98 Å². The van der Waals surface area contributed by atoms with E-state index in [9.17, 15) is 9.90 Å². The van der Waals surface area contributed by atoms with Crippen LogP contribution in [-0.4, -0.2) is 29.1 Å². The summed E-state index contributed by atoms with van der Waals surface area (Å²) in [6.45, 7) is 4.99. The molecule has 0 radical (unpaired) electrons. The third kappa shape index (κ3) is 2.29. The molecule has 0 aromatic carbocycles. The number of nitrogens with zero attached hydrogens (tertiary/aromatic N) is 2. The summed E-state index contributed by atoms with van der Waals surface area (Å²) >= 11 is 3.41. The summed E-state index contributed by atoms with van der Waals surface area (Å²) in [5.41, 5.74) is 0.272. The van der Waals surface area contributed by atoms with Crippen molar-refractivity contribution >= 4 is 27.7 Å². The van der Waals surface area contributed by atoms with Crippen molar-refractivity contribution in [1.82, 2.24) is 4.98 Å². The van der Waals surface area contributed by atoms with Gasteiger partial charge in [0.2, 0.25) is 0 Å². The Morgan fingerprint density at radius 1 is 1.59 bits per heavy atom. The molecule has 2 rings (SSSR count). The third-order valence-electron chi connectivity index (χ3n) is 3.32. The fourth-order valence-corrected chi connectivity index (χ4v) is 2.26. The van der Waals surface area contributed by atoms with Crippen LogP contribution in [0.25, 0.3) is 0 Å². The van der Waals surface area contributed by atoms with Crippen LogP contribution in [0.4, 0.5) is 5.82 Å². The molecule has 0 bridgehead atoms. The molecule has 1 aromatic heterocycles. The van der Waals surface area contributed by atoms with Gasteiger partial charge < -0.3 is 10.0 Å². The maximum atomic E-state index is 11.2. The maximum Gasteiger partial charge on any atom is 0.311 e. The quantitative estimate of drug-likeness (QED) is 0.911. The van der Waals surface area contributed by atoms with Crippen LogP contribution >= 0.6 is 15.9 Å². The molecule has 0 aliphatic carbocycles. The Morgan fingerprint density at radius 2 is 2.29 bits per heavy atom. The monoisotopic (exact) mass is 298 g/mol. The zero-order chi connectivity index (χ0) is 12.6. The lowest BCUT2D eigenvalue weighted by atomic mass is 9.90. The summed E-state index contributed by atoms with van der Waals surface area (Å²) in [5.74, 6) is 0.129. The molecular formula is C12H15BrN2O2. The summed E-state index contributed by atoms with van der Waals surface area (Å²) in [4.78, 5) is 17.7. The molecule has 92 valence electrons. The van der Waals surface area contributed by atoms with E-state index < -0.39 is 11.4 Å². The van der Waals surface area contributed by atoms with Crippen molar-refractivity contribution in [3.8, 4) is 0 Å². The van der Waals surface area contributed by atoms with E-state index >= 15 is 0 Å². The number of anilines is 1. The van der Waals surface area contributed by atoms with E-state index in [0.29, 0.717) is 13.0 Å². The second-order valence-electron chi connectivity index (χ2n) is 4.77. The lowest BCUT2D eigenvalue weighted by Crippen LogP contribution is -2.32. The first-order chi connectivity index (χ1) is 7.92. The van der Waals surface area contributed by atoms with Gasteiger partial charge in [-0.15, -0.1) is 0 Å². The van der Waals surface area contributed by atoms with E-state index in [1.54, 1.807) is 6.92 Å². The Morgan fingerprint density at radius 3 is 2.82 bits per heavy atom. The summed E-state index contributed by atoms with van der Waals surface area (Å²) in [5, 5.41) is 9.18. The SMILES string of the molecule is Cc1nc(N2CCC(C)(C(=O)O)C2)ccc1Br. The molecule has 1 aliphatic heterocycles. The van der Waals surface area contributed by atoms with Crippen LogP contribution in [0, 0.1) is 12.3 Å². The van der Waals surface area contributed by atoms with Crippen LogP contribution in [0.3, 0.4) is 0 Å². The fourth-order valence-electron chi connectivity index (χ4n) is 2.04. The van der Waals surface area contributed by atoms with E-state index in [0.717, 1.165) is 22.5 Å². The second kappa shape index (κ2) is 4.29. The standard InChI is InChI=1S/C12H15BrN2O2/c1-8-9(13)3-4-10(14-8)15-6-5-12(2,7-15)11(16)17/h3-4H,5-7H2,1-2H3,(H,16,17). The van der Waals surface area contributed by atoms with Gasteiger partial charge in [-0.1, -0.05) is 0 Å². The Hall–Kier alpha value is -1.10. The van der Waals surface area contributed by atoms with Gasteiger partial charge in [-0.2, -0.15) is 0 Å². The summed E-state index contributed by atoms with van der Waals surface area (Å²) in [7, 11) is 0. The number of hydrogen-bond acceptors (Lipinski definition) is 3. The van der Waals surface area contributed by atoms with Crippen LogP contribution in [0.2, 0.25) is 0 Å². The number of aromatic nitrogens is 1. The number of carbonyl (C=O) groups is 1. The number of rotatable bonds is 2. The molecule has 0 saturated carbocycles. The van der Waals surface area contributed by atoms with Crippen molar-refractivity contribution < 1.29 is 9.90 Å². The minimum Gasteiger partial charge on any atom is -0.481 e. The Balaban J connectivity index is 2.21. The molecule has 1 unspecified atom stereocenters. The van der Waals surface area contributed by atoms with Gasteiger partial charge in [0.25, 0.3) is 0 Å². The van der Waals surface area contributed by atoms with Crippen LogP contribution < -0.4 is 4.90 Å². The maximum absolute atomic E-state index is 11.2. The van der Waals surface area contributed by atoms with E-state index in [-0.39, 0.29) is 0 Å². The van der Waals surface area contributed by atoms with Gasteiger partial charge in [0.15, 0.2) is 0 Å². The van der Waals surface area contributed by atoms with Gasteiger partial charge in [-0.05, 0) is 48.3 Å². The molecule has 1 aliphatic rings. The molecule has 1 saturated heterocycles. The van der Waals surface area contributed by atoms with E-state index in [1.165, 1.54) is 0 Å². The molecule has 17 heavy (non-hydrogen) atoms. The molecule has 1 N–H and O–H groups in total. The molecule has 1 aromatic rings. The molecular weight excluding hydrogens is 284 g/mol. The highest BCUT2D eigenvalue weighted by Gasteiger charge is 2.40. The zero-order valence-corrected chi connectivity index (χ0v) is 11.5. The first-order valence-electron chi connectivity index (χ1n) is 5.54. The van der Waals surface area contributed by atoms with E-state index in [1.807, 2.05) is 24.0 Å². The van der Waals surface area contributed by atoms with Gasteiger partial charge in [-0.3, -0.25) is 4.79 Å². The number of aryl methyl sites for hydroxylation is 1. The first kappa shape index (κ1) is 12.4. The fraction of sp³-hybridized carbons (Fsp3) is 0.500. The smallest absolute Gasteiger partial charge is 0.311 e. The van der Waals surface area contributed by atoms with Crippen molar-refractivity contribution in [2.45, 2.75) is 20.3 Å². The van der Waals surface area contributed by atoms with Crippen molar-refractivity contribution in [3.63, 3.8) is 0 Å². The average molecular weight is 299 g/mol. The lowest BCUT2D eigenvalue weighted by molar-refractivity contribution is -0.146. The summed E-state index contributed by atoms with van der Waals surface area (Å²) in [6, 6.07) is 3.87. The number of carboxylic acids is 1. The van der Waals surface area contributed by atoms with Crippen molar-refractivity contribution in [1.29, 1.82) is 0 Å². The number of pyridine rings is 1. The Labute approximate surface area is 109 Å². The summed E-state index contributed by atoms with van der Waals surface area (Å²) < 4.78 is 0.974. The highest BCUT2D eigenvalue weighted by Crippen LogP contribution is 2.33. The van der Waals surface area contributed by atoms with E-state index in [4.69, 9.17) is 0 Å². The van der Waals surface area contributed by atoms with Crippen LogP contribution in [0.15, 0.2) is 16.6 Å². The molecule has 0 spiro atoms. The Bertz CT molecular complexity index is 464. The molecule has 4 nitrogen and oxygen atoms in total. The molecule has 2 heterocycles. The van der Waals surface area contributed by atoms with Gasteiger partial charge in [0, 0.05) is 17.6 Å². The second-order valence-corrected chi connectivity index (χ2v) is 5.63. The van der Waals surface area contributed by atoms with Gasteiger partial charge in [0.05, 0.1) is 11.1 Å². The number of halogens is 1. The Kier molecular flexibility index (Phi) is 3.12. The van der Waals surface area contributed by atoms with Crippen molar-refractivity contribution in [2.75, 3.05) is 18.0 Å². The molecule has 0 amide bonds. The largest absolute Gasteiger partial charge is 0.481 e. The van der Waals surface area contributed by atoms with Gasteiger partial charge >= 0.3 is 5.97 Å². The number of hydrogen-bond donors (Lipinski definition) is 1. The normalized spacial score (nSPS) is 24.1.